The van der Waals surface area contributed by atoms with Gasteiger partial charge in [-0.05, 0) is 0 Å². The van der Waals surface area contributed by atoms with Crippen LogP contribution >= 0.6 is 0 Å². The van der Waals surface area contributed by atoms with Gasteiger partial charge < -0.3 is 5.11 Å². The first kappa shape index (κ1) is 6.94. The molecule has 1 aromatic heterocycles. The molecule has 4 nitrogen and oxygen atoms in total. The van der Waals surface area contributed by atoms with E-state index in [1.54, 1.807) is 0 Å². The molecule has 0 radical (unpaired) electrons. The third-order valence-corrected chi connectivity index (χ3v) is 0.393. The van der Waals surface area contributed by atoms with Crippen LogP contribution in [0.2, 0.25) is 0 Å². The summed E-state index contributed by atoms with van der Waals surface area (Å²) in [6.07, 6.45) is 1.11. The summed E-state index contributed by atoms with van der Waals surface area (Å²) in [4.78, 5) is 0. The number of nitrogens with zero attached hydrogens (tertiary/aromatic N) is 2. The molecule has 1 aromatic rings. The fourth-order valence-corrected chi connectivity index (χ4v) is 0.191. The van der Waals surface area contributed by atoms with Crippen LogP contribution in [0.1, 0.15) is 0 Å². The Balaban J connectivity index is 0.000000360. The van der Waals surface area contributed by atoms with E-state index < -0.39 is 0 Å². The number of hydrogen-bond acceptors (Lipinski definition) is 3. The Morgan fingerprint density at radius 3 is 2.57 bits per heavy atom. The summed E-state index contributed by atoms with van der Waals surface area (Å²) in [5.41, 5.74) is 0. The molecule has 0 saturated carbocycles. The van der Waals surface area contributed by atoms with Crippen LogP contribution in [-0.2, 0) is 0 Å². The van der Waals surface area contributed by atoms with Crippen molar-refractivity contribution in [2.75, 3.05) is 0 Å². The Bertz CT molecular complexity index is 116. The Labute approximate surface area is 62.2 Å². The molecule has 1 N–H and O–H groups in total. The molecular formula is C2H2N3NaO. The largest absolute Gasteiger partial charge is 1.00 e. The van der Waals surface area contributed by atoms with Crippen LogP contribution in [0.15, 0.2) is 6.20 Å². The SMILES string of the molecule is [Na+].[O-]c1cn[nH]n1. The predicted octanol–water partition coefficient (Wildman–Crippen LogP) is -4.12. The molecule has 0 aromatic carbocycles. The molecule has 0 fully saturated rings. The van der Waals surface area contributed by atoms with Gasteiger partial charge in [-0.2, -0.15) is 15.4 Å². The van der Waals surface area contributed by atoms with E-state index in [2.05, 4.69) is 15.4 Å². The van der Waals surface area contributed by atoms with Gasteiger partial charge in [0.25, 0.3) is 0 Å². The van der Waals surface area contributed by atoms with Crippen molar-refractivity contribution in [3.8, 4) is 5.88 Å². The molecule has 5 heteroatoms. The fraction of sp³-hybridized carbons (Fsp3) is 0. The first-order valence-corrected chi connectivity index (χ1v) is 1.42. The molecule has 0 aliphatic heterocycles. The molecule has 32 valence electrons. The van der Waals surface area contributed by atoms with Gasteiger partial charge in [0.05, 0.1) is 6.20 Å². The standard InChI is InChI=1S/C2H3N3O.Na/c6-2-1-3-5-4-2;/h1H,(H2,3,4,5,6);/q;+1/p-1. The van der Waals surface area contributed by atoms with Crippen LogP contribution < -0.4 is 34.7 Å². The predicted molar refractivity (Wildman–Crippen MR) is 15.8 cm³/mol. The second-order valence-electron chi connectivity index (χ2n) is 0.808. The molecule has 1 rings (SSSR count). The summed E-state index contributed by atoms with van der Waals surface area (Å²) in [5, 5.41) is 18.4. The molecule has 0 amide bonds. The van der Waals surface area contributed by atoms with Crippen molar-refractivity contribution in [1.82, 2.24) is 15.4 Å². The molecule has 7 heavy (non-hydrogen) atoms. The van der Waals surface area contributed by atoms with Crippen LogP contribution in [0.5, 0.6) is 5.88 Å². The van der Waals surface area contributed by atoms with E-state index in [0.717, 1.165) is 6.20 Å². The third kappa shape index (κ3) is 1.91. The van der Waals surface area contributed by atoms with Gasteiger partial charge in [-0.1, -0.05) is 0 Å². The van der Waals surface area contributed by atoms with E-state index in [1.807, 2.05) is 0 Å². The fourth-order valence-electron chi connectivity index (χ4n) is 0.191. The maximum absolute atomic E-state index is 9.86. The first-order chi connectivity index (χ1) is 2.89. The van der Waals surface area contributed by atoms with Crippen LogP contribution in [0.4, 0.5) is 0 Å². The molecule has 0 unspecified atom stereocenters. The molecule has 0 saturated heterocycles. The number of aromatic nitrogens is 3. The zero-order valence-electron chi connectivity index (χ0n) is 3.88. The van der Waals surface area contributed by atoms with Crippen molar-refractivity contribution in [3.05, 3.63) is 6.20 Å². The minimum atomic E-state index is -0.324. The zero-order valence-corrected chi connectivity index (χ0v) is 5.88. The van der Waals surface area contributed by atoms with Crippen LogP contribution in [-0.4, -0.2) is 15.4 Å². The normalized spacial score (nSPS) is 7.43. The van der Waals surface area contributed by atoms with Gasteiger partial charge >= 0.3 is 29.6 Å². The van der Waals surface area contributed by atoms with E-state index in [-0.39, 0.29) is 35.4 Å². The van der Waals surface area contributed by atoms with E-state index >= 15 is 0 Å². The average molecular weight is 107 g/mol. The Hall–Kier alpha value is -0.0600. The van der Waals surface area contributed by atoms with Crippen molar-refractivity contribution in [2.24, 2.45) is 0 Å². The summed E-state index contributed by atoms with van der Waals surface area (Å²) in [6, 6.07) is 0. The van der Waals surface area contributed by atoms with Crippen molar-refractivity contribution in [2.45, 2.75) is 0 Å². The van der Waals surface area contributed by atoms with Crippen molar-refractivity contribution < 1.29 is 34.7 Å². The number of aromatic amines is 1. The Kier molecular flexibility index (Phi) is 2.98. The zero-order chi connectivity index (χ0) is 4.41. The summed E-state index contributed by atoms with van der Waals surface area (Å²) < 4.78 is 0. The third-order valence-electron chi connectivity index (χ3n) is 0.393. The summed E-state index contributed by atoms with van der Waals surface area (Å²) in [7, 11) is 0. The molecule has 0 aliphatic rings. The van der Waals surface area contributed by atoms with Gasteiger partial charge in [0.15, 0.2) is 0 Å². The Morgan fingerprint density at radius 1 is 1.71 bits per heavy atom. The minimum absolute atomic E-state index is 0. The number of rotatable bonds is 0. The number of hydrogen-bond donors (Lipinski definition) is 1. The average Bonchev–Trinajstić information content (AvgIpc) is 1.86. The quantitative estimate of drug-likeness (QED) is 0.342. The van der Waals surface area contributed by atoms with Crippen LogP contribution in [0, 0.1) is 0 Å². The molecule has 1 heterocycles. The van der Waals surface area contributed by atoms with Gasteiger partial charge in [0.2, 0.25) is 0 Å². The molecule has 0 atom stereocenters. The topological polar surface area (TPSA) is 64.6 Å². The molecular weight excluding hydrogens is 105 g/mol. The van der Waals surface area contributed by atoms with Crippen molar-refractivity contribution in [3.63, 3.8) is 0 Å². The van der Waals surface area contributed by atoms with E-state index in [0.29, 0.717) is 0 Å². The maximum Gasteiger partial charge on any atom is 1.00 e. The van der Waals surface area contributed by atoms with Crippen LogP contribution in [0.3, 0.4) is 0 Å². The van der Waals surface area contributed by atoms with Crippen molar-refractivity contribution >= 4 is 0 Å². The van der Waals surface area contributed by atoms with E-state index in [9.17, 15) is 5.11 Å². The van der Waals surface area contributed by atoms with E-state index in [1.165, 1.54) is 0 Å². The molecule has 0 aliphatic carbocycles. The van der Waals surface area contributed by atoms with Gasteiger partial charge in [0, 0.05) is 5.88 Å². The monoisotopic (exact) mass is 107 g/mol. The molecule has 0 spiro atoms. The first-order valence-electron chi connectivity index (χ1n) is 1.42. The van der Waals surface area contributed by atoms with Gasteiger partial charge in [-0.15, -0.1) is 0 Å². The van der Waals surface area contributed by atoms with Crippen molar-refractivity contribution in [1.29, 1.82) is 0 Å². The minimum Gasteiger partial charge on any atom is -0.856 e. The van der Waals surface area contributed by atoms with Gasteiger partial charge in [0.1, 0.15) is 0 Å². The van der Waals surface area contributed by atoms with Gasteiger partial charge in [-0.3, -0.25) is 0 Å². The second kappa shape index (κ2) is 3.01. The van der Waals surface area contributed by atoms with Crippen LogP contribution in [0.25, 0.3) is 0 Å². The maximum atomic E-state index is 9.86. The summed E-state index contributed by atoms with van der Waals surface area (Å²) in [5.74, 6) is -0.324. The molecule has 0 bridgehead atoms. The number of nitrogens with one attached hydrogen (secondary N) is 1. The smallest absolute Gasteiger partial charge is 0.856 e. The second-order valence-corrected chi connectivity index (χ2v) is 0.808. The van der Waals surface area contributed by atoms with Gasteiger partial charge in [-0.25, -0.2) is 0 Å². The van der Waals surface area contributed by atoms with E-state index in [4.69, 9.17) is 0 Å². The Morgan fingerprint density at radius 2 is 2.43 bits per heavy atom. The number of H-pyrrole nitrogens is 1. The summed E-state index contributed by atoms with van der Waals surface area (Å²) >= 11 is 0. The summed E-state index contributed by atoms with van der Waals surface area (Å²) in [6.45, 7) is 0.